The number of methoxy groups -OCH3 is 1. The SMILES string of the molecule is C#Cc1ccsc1-c1nc2cc(C)ccn2c1NCc1ccc(OC)cc1.c1cc2cc-2c1. The lowest BCUT2D eigenvalue weighted by Crippen LogP contribution is -2.03. The number of aryl methyl sites for hydroxylation is 1. The molecule has 4 nitrogen and oxygen atoms in total. The van der Waals surface area contributed by atoms with Gasteiger partial charge in [-0.05, 0) is 71.0 Å². The highest BCUT2D eigenvalue weighted by molar-refractivity contribution is 7.13. The predicted octanol–water partition coefficient (Wildman–Crippen LogP) is 6.64. The van der Waals surface area contributed by atoms with E-state index in [0.717, 1.165) is 38.9 Å². The number of ether oxygens (including phenoxy) is 1. The molecule has 3 aromatic heterocycles. The predicted molar refractivity (Wildman–Crippen MR) is 137 cm³/mol. The van der Waals surface area contributed by atoms with Crippen LogP contribution in [0.5, 0.6) is 5.75 Å². The van der Waals surface area contributed by atoms with E-state index < -0.39 is 0 Å². The number of nitrogens with zero attached hydrogens (tertiary/aromatic N) is 2. The topological polar surface area (TPSA) is 38.6 Å². The quantitative estimate of drug-likeness (QED) is 0.300. The maximum absolute atomic E-state index is 5.68. The zero-order valence-corrected chi connectivity index (χ0v) is 19.3. The molecule has 0 atom stereocenters. The van der Waals surface area contributed by atoms with Crippen LogP contribution in [-0.2, 0) is 6.54 Å². The highest BCUT2D eigenvalue weighted by Gasteiger charge is 2.17. The zero-order chi connectivity index (χ0) is 22.8. The first kappa shape index (κ1) is 20.9. The van der Waals surface area contributed by atoms with Crippen LogP contribution >= 0.6 is 11.3 Å². The molecule has 0 spiro atoms. The summed E-state index contributed by atoms with van der Waals surface area (Å²) in [6, 6.07) is 22.6. The molecule has 162 valence electrons. The largest absolute Gasteiger partial charge is 0.497 e. The molecule has 3 heterocycles. The molecule has 0 saturated carbocycles. The van der Waals surface area contributed by atoms with Gasteiger partial charge in [-0.15, -0.1) is 17.8 Å². The molecule has 1 N–H and O–H groups in total. The van der Waals surface area contributed by atoms with Crippen LogP contribution < -0.4 is 10.1 Å². The second-order valence-corrected chi connectivity index (χ2v) is 8.75. The first-order valence-electron chi connectivity index (χ1n) is 10.7. The maximum atomic E-state index is 5.68. The van der Waals surface area contributed by atoms with E-state index in [2.05, 4.69) is 71.1 Å². The van der Waals surface area contributed by atoms with Crippen molar-refractivity contribution in [1.82, 2.24) is 9.38 Å². The van der Waals surface area contributed by atoms with Crippen LogP contribution in [-0.4, -0.2) is 16.5 Å². The van der Waals surface area contributed by atoms with Crippen molar-refractivity contribution in [3.63, 3.8) is 0 Å². The Hall–Kier alpha value is -4.01. The molecule has 0 aliphatic heterocycles. The van der Waals surface area contributed by atoms with Gasteiger partial charge in [-0.25, -0.2) is 4.98 Å². The average molecular weight is 450 g/mol. The van der Waals surface area contributed by atoms with Crippen molar-refractivity contribution in [3.8, 4) is 39.8 Å². The van der Waals surface area contributed by atoms with Gasteiger partial charge in [-0.2, -0.15) is 0 Å². The van der Waals surface area contributed by atoms with Gasteiger partial charge in [0.15, 0.2) is 0 Å². The minimum absolute atomic E-state index is 0.676. The smallest absolute Gasteiger partial charge is 0.139 e. The first-order chi connectivity index (χ1) is 16.2. The van der Waals surface area contributed by atoms with E-state index in [1.165, 1.54) is 16.7 Å². The molecule has 0 unspecified atom stereocenters. The number of hydrogen-bond donors (Lipinski definition) is 1. The lowest BCUT2D eigenvalue weighted by Gasteiger charge is -2.09. The Balaban J connectivity index is 0.000000324. The van der Waals surface area contributed by atoms with Crippen LogP contribution in [0.2, 0.25) is 0 Å². The summed E-state index contributed by atoms with van der Waals surface area (Å²) in [4.78, 5) is 5.87. The molecule has 2 aliphatic rings. The third-order valence-corrected chi connectivity index (χ3v) is 6.47. The molecule has 5 heteroatoms. The first-order valence-corrected chi connectivity index (χ1v) is 11.5. The molecule has 6 rings (SSSR count). The van der Waals surface area contributed by atoms with E-state index in [4.69, 9.17) is 16.1 Å². The van der Waals surface area contributed by atoms with Crippen molar-refractivity contribution in [2.24, 2.45) is 0 Å². The van der Waals surface area contributed by atoms with E-state index in [-0.39, 0.29) is 0 Å². The van der Waals surface area contributed by atoms with E-state index >= 15 is 0 Å². The van der Waals surface area contributed by atoms with Crippen LogP contribution in [0.4, 0.5) is 5.82 Å². The number of terminal acetylenes is 1. The standard InChI is InChI=1S/C22H19N3OS.C6H4/c1-4-17-10-12-27-21(17)20-22(25-11-9-15(2)13-19(25)24-20)23-14-16-5-7-18(26-3)8-6-16;1-2-5-4-6(5)3-1/h1,5-13,23H,14H2,2-3H3;1-4H. The van der Waals surface area contributed by atoms with Crippen LogP contribution in [0.3, 0.4) is 0 Å². The van der Waals surface area contributed by atoms with E-state index in [9.17, 15) is 0 Å². The van der Waals surface area contributed by atoms with E-state index in [0.29, 0.717) is 6.54 Å². The number of thiophene rings is 1. The fraction of sp³-hybridized carbons (Fsp3) is 0.107. The third-order valence-electron chi connectivity index (χ3n) is 5.55. The molecule has 1 aromatic carbocycles. The number of nitrogens with one attached hydrogen (secondary N) is 1. The highest BCUT2D eigenvalue weighted by atomic mass is 32.1. The van der Waals surface area contributed by atoms with Gasteiger partial charge in [-0.1, -0.05) is 36.3 Å². The minimum Gasteiger partial charge on any atom is -0.497 e. The number of benzene rings is 2. The number of imidazole rings is 1. The van der Waals surface area contributed by atoms with Crippen LogP contribution in [0, 0.1) is 19.3 Å². The van der Waals surface area contributed by atoms with Gasteiger partial charge in [0.1, 0.15) is 22.9 Å². The van der Waals surface area contributed by atoms with Gasteiger partial charge in [0, 0.05) is 18.3 Å². The molecular weight excluding hydrogens is 426 g/mol. The van der Waals surface area contributed by atoms with Gasteiger partial charge in [0.05, 0.1) is 12.0 Å². The summed E-state index contributed by atoms with van der Waals surface area (Å²) < 4.78 is 7.31. The highest BCUT2D eigenvalue weighted by Crippen LogP contribution is 2.35. The summed E-state index contributed by atoms with van der Waals surface area (Å²) in [6.45, 7) is 2.74. The number of pyridine rings is 1. The maximum Gasteiger partial charge on any atom is 0.139 e. The summed E-state index contributed by atoms with van der Waals surface area (Å²) in [6.07, 6.45) is 7.73. The van der Waals surface area contributed by atoms with Gasteiger partial charge >= 0.3 is 0 Å². The van der Waals surface area contributed by atoms with Gasteiger partial charge in [0.25, 0.3) is 0 Å². The fourth-order valence-electron chi connectivity index (χ4n) is 3.68. The Kier molecular flexibility index (Phi) is 5.60. The molecular formula is C28H23N3OS. The van der Waals surface area contributed by atoms with E-state index in [1.807, 2.05) is 29.8 Å². The molecule has 33 heavy (non-hydrogen) atoms. The van der Waals surface area contributed by atoms with Gasteiger partial charge < -0.3 is 10.1 Å². The van der Waals surface area contributed by atoms with Crippen molar-refractivity contribution in [2.75, 3.05) is 12.4 Å². The number of hydrogen-bond acceptors (Lipinski definition) is 4. The van der Waals surface area contributed by atoms with Crippen molar-refractivity contribution >= 4 is 22.8 Å². The van der Waals surface area contributed by atoms with Crippen LogP contribution in [0.15, 0.2) is 78.3 Å². The minimum atomic E-state index is 0.676. The van der Waals surface area contributed by atoms with Crippen LogP contribution in [0.25, 0.3) is 27.3 Å². The summed E-state index contributed by atoms with van der Waals surface area (Å²) >= 11 is 1.61. The Morgan fingerprint density at radius 3 is 2.48 bits per heavy atom. The lowest BCUT2D eigenvalue weighted by molar-refractivity contribution is 0.414. The lowest BCUT2D eigenvalue weighted by atomic mass is 10.2. The van der Waals surface area contributed by atoms with Crippen molar-refractivity contribution in [3.05, 3.63) is 95.0 Å². The molecule has 0 bridgehead atoms. The summed E-state index contributed by atoms with van der Waals surface area (Å²) in [7, 11) is 1.67. The molecule has 0 radical (unpaired) electrons. The van der Waals surface area contributed by atoms with E-state index in [1.54, 1.807) is 18.4 Å². The molecule has 0 saturated heterocycles. The summed E-state index contributed by atoms with van der Waals surface area (Å²) in [5.41, 5.74) is 7.84. The Bertz CT molecular complexity index is 1450. The molecule has 0 fully saturated rings. The number of anilines is 1. The van der Waals surface area contributed by atoms with Gasteiger partial charge in [-0.3, -0.25) is 4.40 Å². The Morgan fingerprint density at radius 1 is 1.06 bits per heavy atom. The zero-order valence-electron chi connectivity index (χ0n) is 18.5. The van der Waals surface area contributed by atoms with Crippen molar-refractivity contribution in [2.45, 2.75) is 13.5 Å². The monoisotopic (exact) mass is 449 g/mol. The normalized spacial score (nSPS) is 10.8. The van der Waals surface area contributed by atoms with Crippen LogP contribution in [0.1, 0.15) is 16.7 Å². The summed E-state index contributed by atoms with van der Waals surface area (Å²) in [5.74, 6) is 4.56. The number of fused-ring (bicyclic) bond motifs is 2. The molecule has 4 aromatic rings. The average Bonchev–Trinajstić information content (AvgIpc) is 3.19. The molecule has 0 amide bonds. The Morgan fingerprint density at radius 2 is 1.85 bits per heavy atom. The second kappa shape index (κ2) is 8.85. The second-order valence-electron chi connectivity index (χ2n) is 7.83. The van der Waals surface area contributed by atoms with Crippen molar-refractivity contribution < 1.29 is 4.74 Å². The number of rotatable bonds is 5. The molecule has 2 aliphatic carbocycles. The number of aromatic nitrogens is 2. The van der Waals surface area contributed by atoms with Gasteiger partial charge in [0.2, 0.25) is 0 Å². The fourth-order valence-corrected chi connectivity index (χ4v) is 4.53. The summed E-state index contributed by atoms with van der Waals surface area (Å²) in [5, 5.41) is 5.55. The van der Waals surface area contributed by atoms with Crippen molar-refractivity contribution in [1.29, 1.82) is 0 Å². The third kappa shape index (κ3) is 4.34. The Labute approximate surface area is 197 Å².